The number of anilines is 1. The van der Waals surface area contributed by atoms with Crippen LogP contribution in [0.5, 0.6) is 5.75 Å². The van der Waals surface area contributed by atoms with Gasteiger partial charge in [0.2, 0.25) is 0 Å². The van der Waals surface area contributed by atoms with Gasteiger partial charge in [0.25, 0.3) is 5.91 Å². The lowest BCUT2D eigenvalue weighted by Crippen LogP contribution is -2.26. The zero-order valence-corrected chi connectivity index (χ0v) is 17.3. The van der Waals surface area contributed by atoms with Crippen LogP contribution in [0.15, 0.2) is 90.2 Å². The monoisotopic (exact) mass is 412 g/mol. The van der Waals surface area contributed by atoms with Crippen molar-refractivity contribution in [1.29, 1.82) is 0 Å². The summed E-state index contributed by atoms with van der Waals surface area (Å²) in [7, 11) is 1.60. The Hall–Kier alpha value is -4.06. The first kappa shape index (κ1) is 20.2. The van der Waals surface area contributed by atoms with Gasteiger partial charge >= 0.3 is 0 Å². The Kier molecular flexibility index (Phi) is 6.28. The Balaban J connectivity index is 1.43. The first-order valence-corrected chi connectivity index (χ1v) is 10.0. The molecule has 4 aromatic rings. The third-order valence-electron chi connectivity index (χ3n) is 4.95. The minimum Gasteiger partial charge on any atom is -0.495 e. The summed E-state index contributed by atoms with van der Waals surface area (Å²) in [6.07, 6.45) is 3.74. The van der Waals surface area contributed by atoms with Crippen LogP contribution in [0.4, 0.5) is 5.69 Å². The summed E-state index contributed by atoms with van der Waals surface area (Å²) in [6, 6.07) is 25.9. The molecule has 0 unspecified atom stereocenters. The van der Waals surface area contributed by atoms with Gasteiger partial charge in [-0.2, -0.15) is 5.10 Å². The highest BCUT2D eigenvalue weighted by molar-refractivity contribution is 5.99. The van der Waals surface area contributed by atoms with Crippen molar-refractivity contribution in [3.8, 4) is 5.75 Å². The van der Waals surface area contributed by atoms with Crippen molar-refractivity contribution >= 4 is 28.7 Å². The summed E-state index contributed by atoms with van der Waals surface area (Å²) in [5.74, 6) is 0.445. The van der Waals surface area contributed by atoms with Crippen LogP contribution in [-0.2, 0) is 11.3 Å². The van der Waals surface area contributed by atoms with Gasteiger partial charge in [-0.05, 0) is 23.8 Å². The summed E-state index contributed by atoms with van der Waals surface area (Å²) in [6.45, 7) is 0.859. The van der Waals surface area contributed by atoms with Gasteiger partial charge in [0.15, 0.2) is 0 Å². The molecule has 3 aromatic carbocycles. The largest absolute Gasteiger partial charge is 0.495 e. The van der Waals surface area contributed by atoms with Crippen LogP contribution in [0.1, 0.15) is 11.1 Å². The van der Waals surface area contributed by atoms with E-state index < -0.39 is 0 Å². The molecule has 0 aliphatic heterocycles. The van der Waals surface area contributed by atoms with Crippen LogP contribution in [-0.4, -0.2) is 30.3 Å². The maximum atomic E-state index is 12.2. The van der Waals surface area contributed by atoms with Crippen molar-refractivity contribution in [1.82, 2.24) is 9.99 Å². The summed E-state index contributed by atoms with van der Waals surface area (Å²) in [4.78, 5) is 12.2. The number of carbonyl (C=O) groups excluding carboxylic acids is 1. The quantitative estimate of drug-likeness (QED) is 0.336. The predicted molar refractivity (Wildman–Crippen MR) is 125 cm³/mol. The molecule has 1 amide bonds. The highest BCUT2D eigenvalue weighted by Gasteiger charge is 2.08. The van der Waals surface area contributed by atoms with Gasteiger partial charge in [-0.15, -0.1) is 0 Å². The number of benzene rings is 3. The average Bonchev–Trinajstić information content (AvgIpc) is 3.16. The van der Waals surface area contributed by atoms with Crippen molar-refractivity contribution in [3.63, 3.8) is 0 Å². The van der Waals surface area contributed by atoms with E-state index in [0.29, 0.717) is 5.75 Å². The predicted octanol–water partition coefficient (Wildman–Crippen LogP) is 4.26. The van der Waals surface area contributed by atoms with Crippen LogP contribution in [0, 0.1) is 0 Å². The number of hydrazone groups is 1. The number of hydrogen-bond donors (Lipinski definition) is 2. The third kappa shape index (κ3) is 4.93. The van der Waals surface area contributed by atoms with E-state index >= 15 is 0 Å². The first-order valence-electron chi connectivity index (χ1n) is 10.0. The highest BCUT2D eigenvalue weighted by Crippen LogP contribution is 2.23. The SMILES string of the molecule is COc1ccccc1NCC(=O)NN=Cc1cn(Cc2ccccc2)c2ccccc12. The van der Waals surface area contributed by atoms with Crippen LogP contribution in [0.25, 0.3) is 10.9 Å². The summed E-state index contributed by atoms with van der Waals surface area (Å²) < 4.78 is 7.47. The molecule has 1 heterocycles. The van der Waals surface area contributed by atoms with E-state index in [-0.39, 0.29) is 12.5 Å². The third-order valence-corrected chi connectivity index (χ3v) is 4.95. The molecule has 0 radical (unpaired) electrons. The number of ether oxygens (including phenoxy) is 1. The molecule has 6 heteroatoms. The van der Waals surface area contributed by atoms with Gasteiger partial charge in [-0.25, -0.2) is 5.43 Å². The van der Waals surface area contributed by atoms with Gasteiger partial charge in [-0.1, -0.05) is 60.7 Å². The van der Waals surface area contributed by atoms with Crippen molar-refractivity contribution in [2.75, 3.05) is 19.0 Å². The summed E-state index contributed by atoms with van der Waals surface area (Å²) >= 11 is 0. The van der Waals surface area contributed by atoms with E-state index in [1.165, 1.54) is 5.56 Å². The number of fused-ring (bicyclic) bond motifs is 1. The zero-order chi connectivity index (χ0) is 21.5. The molecule has 156 valence electrons. The second-order valence-electron chi connectivity index (χ2n) is 7.06. The standard InChI is InChI=1S/C25H24N4O2/c1-31-24-14-8-6-12-22(24)26-16-25(30)28-27-15-20-18-29(17-19-9-3-2-4-10-19)23-13-7-5-11-21(20)23/h2-15,18,26H,16-17H2,1H3,(H,28,30). The van der Waals surface area contributed by atoms with E-state index in [1.54, 1.807) is 13.3 Å². The summed E-state index contributed by atoms with van der Waals surface area (Å²) in [5.41, 5.74) is 6.63. The molecule has 0 spiro atoms. The van der Waals surface area contributed by atoms with Crippen molar-refractivity contribution in [3.05, 3.63) is 96.2 Å². The fraction of sp³-hybridized carbons (Fsp3) is 0.120. The maximum Gasteiger partial charge on any atom is 0.259 e. The molecule has 4 rings (SSSR count). The Morgan fingerprint density at radius 3 is 2.58 bits per heavy atom. The zero-order valence-electron chi connectivity index (χ0n) is 17.3. The average molecular weight is 412 g/mol. The van der Waals surface area contributed by atoms with Crippen LogP contribution >= 0.6 is 0 Å². The highest BCUT2D eigenvalue weighted by atomic mass is 16.5. The minimum atomic E-state index is -0.241. The lowest BCUT2D eigenvalue weighted by atomic mass is 10.2. The van der Waals surface area contributed by atoms with Crippen molar-refractivity contribution in [2.45, 2.75) is 6.54 Å². The molecule has 0 aliphatic rings. The number of carbonyl (C=O) groups is 1. The van der Waals surface area contributed by atoms with Crippen LogP contribution in [0.2, 0.25) is 0 Å². The molecule has 0 aliphatic carbocycles. The Morgan fingerprint density at radius 2 is 1.74 bits per heavy atom. The maximum absolute atomic E-state index is 12.2. The topological polar surface area (TPSA) is 67.7 Å². The fourth-order valence-electron chi connectivity index (χ4n) is 3.47. The smallest absolute Gasteiger partial charge is 0.259 e. The number of rotatable bonds is 8. The first-order chi connectivity index (χ1) is 15.2. The second-order valence-corrected chi connectivity index (χ2v) is 7.06. The Bertz CT molecular complexity index is 1200. The Morgan fingerprint density at radius 1 is 1.00 bits per heavy atom. The number of methoxy groups -OCH3 is 1. The molecular formula is C25H24N4O2. The molecule has 0 saturated heterocycles. The number of hydrogen-bond acceptors (Lipinski definition) is 4. The molecule has 0 fully saturated rings. The van der Waals surface area contributed by atoms with Crippen molar-refractivity contribution in [2.24, 2.45) is 5.10 Å². The van der Waals surface area contributed by atoms with Crippen LogP contribution < -0.4 is 15.5 Å². The van der Waals surface area contributed by atoms with Gasteiger partial charge in [-0.3, -0.25) is 4.79 Å². The lowest BCUT2D eigenvalue weighted by Gasteiger charge is -2.09. The molecule has 0 bridgehead atoms. The molecule has 31 heavy (non-hydrogen) atoms. The molecule has 6 nitrogen and oxygen atoms in total. The molecular weight excluding hydrogens is 388 g/mol. The van der Waals surface area contributed by atoms with Gasteiger partial charge in [0.05, 0.1) is 25.6 Å². The van der Waals surface area contributed by atoms with Crippen molar-refractivity contribution < 1.29 is 9.53 Å². The van der Waals surface area contributed by atoms with E-state index in [1.807, 2.05) is 54.6 Å². The number of nitrogens with zero attached hydrogens (tertiary/aromatic N) is 2. The van der Waals surface area contributed by atoms with Gasteiger partial charge in [0.1, 0.15) is 5.75 Å². The second kappa shape index (κ2) is 9.63. The molecule has 1 aromatic heterocycles. The number of amides is 1. The molecule has 0 saturated carbocycles. The van der Waals surface area contributed by atoms with E-state index in [0.717, 1.165) is 28.7 Å². The fourth-order valence-corrected chi connectivity index (χ4v) is 3.47. The van der Waals surface area contributed by atoms with E-state index in [2.05, 4.69) is 50.9 Å². The van der Waals surface area contributed by atoms with E-state index in [4.69, 9.17) is 4.74 Å². The van der Waals surface area contributed by atoms with Gasteiger partial charge in [0, 0.05) is 29.2 Å². The van der Waals surface area contributed by atoms with Gasteiger partial charge < -0.3 is 14.6 Å². The number of aromatic nitrogens is 1. The summed E-state index contributed by atoms with van der Waals surface area (Å²) in [5, 5.41) is 8.30. The lowest BCUT2D eigenvalue weighted by molar-refractivity contribution is -0.119. The molecule has 2 N–H and O–H groups in total. The minimum absolute atomic E-state index is 0.0908. The Labute approximate surface area is 181 Å². The number of nitrogens with one attached hydrogen (secondary N) is 2. The molecule has 0 atom stereocenters. The van der Waals surface area contributed by atoms with E-state index in [9.17, 15) is 4.79 Å². The number of para-hydroxylation sites is 3. The normalized spacial score (nSPS) is 11.0. The van der Waals surface area contributed by atoms with Crippen LogP contribution in [0.3, 0.4) is 0 Å².